The van der Waals surface area contributed by atoms with Gasteiger partial charge in [-0.15, -0.1) is 11.6 Å². The molecule has 1 unspecified atom stereocenters. The van der Waals surface area contributed by atoms with Gasteiger partial charge in [0.05, 0.1) is 6.10 Å². The molecule has 0 bridgehead atoms. The van der Waals surface area contributed by atoms with Gasteiger partial charge in [-0.05, 0) is 43.4 Å². The van der Waals surface area contributed by atoms with Crippen LogP contribution in [0.1, 0.15) is 37.7 Å². The second kappa shape index (κ2) is 7.51. The lowest BCUT2D eigenvalue weighted by Gasteiger charge is -2.22. The summed E-state index contributed by atoms with van der Waals surface area (Å²) in [5, 5.41) is 2.90. The third-order valence-corrected chi connectivity index (χ3v) is 3.67. The molecule has 4 heteroatoms. The van der Waals surface area contributed by atoms with Crippen molar-refractivity contribution in [2.24, 2.45) is 0 Å². The maximum absolute atomic E-state index is 11.8. The molecular formula is C15H20ClNO2. The molecule has 0 saturated carbocycles. The first-order valence-electron chi connectivity index (χ1n) is 6.84. The van der Waals surface area contributed by atoms with E-state index in [2.05, 4.69) is 5.32 Å². The Labute approximate surface area is 119 Å². The molecule has 1 aliphatic heterocycles. The first-order valence-corrected chi connectivity index (χ1v) is 7.38. The van der Waals surface area contributed by atoms with Gasteiger partial charge in [0.25, 0.3) is 0 Å². The van der Waals surface area contributed by atoms with E-state index in [0.29, 0.717) is 12.3 Å². The molecule has 1 atom stereocenters. The van der Waals surface area contributed by atoms with Crippen LogP contribution in [0.15, 0.2) is 24.3 Å². The zero-order valence-corrected chi connectivity index (χ0v) is 11.8. The van der Waals surface area contributed by atoms with Crippen LogP contribution in [-0.4, -0.2) is 18.6 Å². The number of hydrogen-bond acceptors (Lipinski definition) is 2. The summed E-state index contributed by atoms with van der Waals surface area (Å²) in [6.45, 7) is 0.839. The Kier molecular flexibility index (Phi) is 5.67. The van der Waals surface area contributed by atoms with Gasteiger partial charge in [0.1, 0.15) is 0 Å². The van der Waals surface area contributed by atoms with Crippen LogP contribution in [-0.2, 0) is 15.4 Å². The largest absolute Gasteiger partial charge is 0.378 e. The molecule has 1 heterocycles. The monoisotopic (exact) mass is 281 g/mol. The molecule has 1 amide bonds. The highest BCUT2D eigenvalue weighted by molar-refractivity contribution is 6.17. The number of carbonyl (C=O) groups is 1. The van der Waals surface area contributed by atoms with Crippen LogP contribution in [0.5, 0.6) is 0 Å². The minimum Gasteiger partial charge on any atom is -0.378 e. The van der Waals surface area contributed by atoms with E-state index in [9.17, 15) is 4.79 Å². The maximum Gasteiger partial charge on any atom is 0.224 e. The van der Waals surface area contributed by atoms with Crippen LogP contribution in [0.2, 0.25) is 0 Å². The number of nitrogens with one attached hydrogen (secondary N) is 1. The molecule has 1 saturated heterocycles. The van der Waals surface area contributed by atoms with Gasteiger partial charge in [-0.2, -0.15) is 0 Å². The van der Waals surface area contributed by atoms with Crippen LogP contribution in [0.3, 0.4) is 0 Å². The Bertz CT molecular complexity index is 399. The highest BCUT2D eigenvalue weighted by Crippen LogP contribution is 2.17. The number of anilines is 1. The summed E-state index contributed by atoms with van der Waals surface area (Å²) < 4.78 is 5.61. The lowest BCUT2D eigenvalue weighted by Crippen LogP contribution is -2.21. The van der Waals surface area contributed by atoms with Gasteiger partial charge in [0, 0.05) is 24.6 Å². The van der Waals surface area contributed by atoms with Crippen molar-refractivity contribution in [2.45, 2.75) is 44.1 Å². The summed E-state index contributed by atoms with van der Waals surface area (Å²) in [6.07, 6.45) is 5.03. The van der Waals surface area contributed by atoms with Crippen LogP contribution < -0.4 is 5.32 Å². The van der Waals surface area contributed by atoms with Crippen LogP contribution in [0.25, 0.3) is 0 Å². The predicted molar refractivity (Wildman–Crippen MR) is 77.5 cm³/mol. The summed E-state index contributed by atoms with van der Waals surface area (Å²) in [6, 6.07) is 7.61. The third kappa shape index (κ3) is 4.84. The van der Waals surface area contributed by atoms with Crippen LogP contribution >= 0.6 is 11.6 Å². The third-order valence-electron chi connectivity index (χ3n) is 3.36. The van der Waals surface area contributed by atoms with Crippen molar-refractivity contribution < 1.29 is 9.53 Å². The Morgan fingerprint density at radius 2 is 2.11 bits per heavy atom. The molecular weight excluding hydrogens is 262 g/mol. The second-order valence-corrected chi connectivity index (χ2v) is 5.17. The van der Waals surface area contributed by atoms with Gasteiger partial charge < -0.3 is 10.1 Å². The normalized spacial score (nSPS) is 19.1. The number of benzene rings is 1. The summed E-state index contributed by atoms with van der Waals surface area (Å²) in [5.41, 5.74) is 1.87. The molecule has 3 nitrogen and oxygen atoms in total. The first kappa shape index (κ1) is 14.4. The molecule has 104 valence electrons. The highest BCUT2D eigenvalue weighted by Gasteiger charge is 2.15. The van der Waals surface area contributed by atoms with E-state index < -0.39 is 0 Å². The lowest BCUT2D eigenvalue weighted by molar-refractivity contribution is -0.117. The fourth-order valence-corrected chi connectivity index (χ4v) is 2.41. The Balaban J connectivity index is 1.73. The lowest BCUT2D eigenvalue weighted by atomic mass is 10.0. The molecule has 1 N–H and O–H groups in total. The van der Waals surface area contributed by atoms with Crippen molar-refractivity contribution in [3.8, 4) is 0 Å². The Morgan fingerprint density at radius 1 is 1.32 bits per heavy atom. The van der Waals surface area contributed by atoms with Crippen LogP contribution in [0, 0.1) is 0 Å². The second-order valence-electron chi connectivity index (χ2n) is 4.91. The summed E-state index contributed by atoms with van der Waals surface area (Å²) in [4.78, 5) is 11.8. The molecule has 1 fully saturated rings. The predicted octanol–water partition coefficient (Wildman–Crippen LogP) is 3.71. The van der Waals surface area contributed by atoms with E-state index in [0.717, 1.165) is 37.1 Å². The molecule has 0 radical (unpaired) electrons. The molecule has 1 aromatic rings. The number of hydrogen-bond donors (Lipinski definition) is 1. The fraction of sp³-hybridized carbons (Fsp3) is 0.533. The number of ether oxygens (including phenoxy) is 1. The van der Waals surface area contributed by atoms with E-state index in [1.165, 1.54) is 6.42 Å². The van der Waals surface area contributed by atoms with Gasteiger partial charge in [-0.3, -0.25) is 4.79 Å². The minimum atomic E-state index is 0.0489. The maximum atomic E-state index is 11.8. The summed E-state index contributed by atoms with van der Waals surface area (Å²) in [5.74, 6) is 0.542. The average molecular weight is 282 g/mol. The number of halogens is 1. The van der Waals surface area contributed by atoms with Crippen molar-refractivity contribution in [2.75, 3.05) is 11.9 Å². The van der Waals surface area contributed by atoms with E-state index in [1.807, 2.05) is 24.3 Å². The molecule has 1 aromatic carbocycles. The van der Waals surface area contributed by atoms with Crippen molar-refractivity contribution in [3.05, 3.63) is 29.8 Å². The molecule has 0 spiro atoms. The standard InChI is InChI=1S/C15H20ClNO2/c16-11-12-4-6-13(7-5-12)17-15(18)9-8-14-3-1-2-10-19-14/h4-7,14H,1-3,8-11H2,(H,17,18). The smallest absolute Gasteiger partial charge is 0.224 e. The quantitative estimate of drug-likeness (QED) is 0.836. The SMILES string of the molecule is O=C(CCC1CCCCO1)Nc1ccc(CCl)cc1. The number of amides is 1. The zero-order chi connectivity index (χ0) is 13.5. The van der Waals surface area contributed by atoms with E-state index in [1.54, 1.807) is 0 Å². The van der Waals surface area contributed by atoms with E-state index >= 15 is 0 Å². The number of alkyl halides is 1. The topological polar surface area (TPSA) is 38.3 Å². The van der Waals surface area contributed by atoms with Crippen molar-refractivity contribution in [1.29, 1.82) is 0 Å². The van der Waals surface area contributed by atoms with Crippen molar-refractivity contribution >= 4 is 23.2 Å². The Morgan fingerprint density at radius 3 is 2.74 bits per heavy atom. The average Bonchev–Trinajstić information content (AvgIpc) is 2.47. The zero-order valence-electron chi connectivity index (χ0n) is 11.0. The van der Waals surface area contributed by atoms with Gasteiger partial charge >= 0.3 is 0 Å². The molecule has 2 rings (SSSR count). The van der Waals surface area contributed by atoms with Gasteiger partial charge in [-0.25, -0.2) is 0 Å². The summed E-state index contributed by atoms with van der Waals surface area (Å²) in [7, 11) is 0. The fourth-order valence-electron chi connectivity index (χ4n) is 2.23. The Hall–Kier alpha value is -1.06. The van der Waals surface area contributed by atoms with E-state index in [-0.39, 0.29) is 12.0 Å². The molecule has 19 heavy (non-hydrogen) atoms. The summed E-state index contributed by atoms with van der Waals surface area (Å²) >= 11 is 5.72. The first-order chi connectivity index (χ1) is 9.28. The number of rotatable bonds is 5. The highest BCUT2D eigenvalue weighted by atomic mass is 35.5. The van der Waals surface area contributed by atoms with Gasteiger partial charge in [0.2, 0.25) is 5.91 Å². The van der Waals surface area contributed by atoms with E-state index in [4.69, 9.17) is 16.3 Å². The molecule has 0 aliphatic carbocycles. The van der Waals surface area contributed by atoms with Crippen molar-refractivity contribution in [3.63, 3.8) is 0 Å². The minimum absolute atomic E-state index is 0.0489. The number of carbonyl (C=O) groups excluding carboxylic acids is 1. The van der Waals surface area contributed by atoms with Crippen LogP contribution in [0.4, 0.5) is 5.69 Å². The molecule has 0 aromatic heterocycles. The van der Waals surface area contributed by atoms with Gasteiger partial charge in [-0.1, -0.05) is 12.1 Å². The molecule has 1 aliphatic rings. The van der Waals surface area contributed by atoms with Crippen molar-refractivity contribution in [1.82, 2.24) is 0 Å². The van der Waals surface area contributed by atoms with Gasteiger partial charge in [0.15, 0.2) is 0 Å².